The molecule has 2 aliphatic rings. The van der Waals surface area contributed by atoms with Crippen LogP contribution in [0.1, 0.15) is 36.0 Å². The Morgan fingerprint density at radius 2 is 1.57 bits per heavy atom. The van der Waals surface area contributed by atoms with E-state index in [4.69, 9.17) is 11.6 Å². The maximum Gasteiger partial charge on any atom is 0.225 e. The van der Waals surface area contributed by atoms with Crippen LogP contribution in [0.4, 0.5) is 0 Å². The largest absolute Gasteiger partial charge is 0.342 e. The predicted molar refractivity (Wildman–Crippen MR) is 90.7 cm³/mol. The molecule has 2 fully saturated rings. The summed E-state index contributed by atoms with van der Waals surface area (Å²) in [7, 11) is 0. The molecule has 0 radical (unpaired) electrons. The molecule has 0 unspecified atom stereocenters. The van der Waals surface area contributed by atoms with Gasteiger partial charge in [0.25, 0.3) is 0 Å². The van der Waals surface area contributed by atoms with Crippen LogP contribution < -0.4 is 5.32 Å². The minimum atomic E-state index is 0.0215. The van der Waals surface area contributed by atoms with E-state index < -0.39 is 0 Å². The van der Waals surface area contributed by atoms with Gasteiger partial charge in [0.15, 0.2) is 5.78 Å². The van der Waals surface area contributed by atoms with Gasteiger partial charge in [0.1, 0.15) is 0 Å². The van der Waals surface area contributed by atoms with E-state index in [1.54, 1.807) is 24.3 Å². The van der Waals surface area contributed by atoms with Crippen molar-refractivity contribution in [2.75, 3.05) is 26.2 Å². The van der Waals surface area contributed by atoms with E-state index in [1.165, 1.54) is 0 Å². The van der Waals surface area contributed by atoms with Gasteiger partial charge in [-0.15, -0.1) is 0 Å². The van der Waals surface area contributed by atoms with Gasteiger partial charge in [-0.2, -0.15) is 0 Å². The van der Waals surface area contributed by atoms with E-state index in [1.807, 2.05) is 4.90 Å². The molecule has 0 bridgehead atoms. The number of carbonyl (C=O) groups excluding carboxylic acids is 2. The van der Waals surface area contributed by atoms with Crippen molar-refractivity contribution in [2.45, 2.75) is 25.7 Å². The standard InChI is InChI=1S/C18H23ClN2O2/c19-16-3-1-13(2-4-16)17(22)14-7-11-21(12-8-14)18(23)15-5-9-20-10-6-15/h1-4,14-15,20H,5-12H2. The summed E-state index contributed by atoms with van der Waals surface area (Å²) in [5.74, 6) is 0.646. The number of hydrogen-bond acceptors (Lipinski definition) is 3. The van der Waals surface area contributed by atoms with Crippen LogP contribution in [0, 0.1) is 11.8 Å². The van der Waals surface area contributed by atoms with Gasteiger partial charge in [0.2, 0.25) is 5.91 Å². The minimum Gasteiger partial charge on any atom is -0.342 e. The Hall–Kier alpha value is -1.39. The Kier molecular flexibility index (Phi) is 5.34. The SMILES string of the molecule is O=C(c1ccc(Cl)cc1)C1CCN(C(=O)C2CCNCC2)CC1. The van der Waals surface area contributed by atoms with Gasteiger partial charge in [-0.1, -0.05) is 11.6 Å². The third kappa shape index (κ3) is 3.93. The second-order valence-corrected chi connectivity index (χ2v) is 6.93. The molecule has 23 heavy (non-hydrogen) atoms. The van der Waals surface area contributed by atoms with Crippen molar-refractivity contribution in [3.63, 3.8) is 0 Å². The average molecular weight is 335 g/mol. The number of ketones is 1. The highest BCUT2D eigenvalue weighted by Crippen LogP contribution is 2.25. The summed E-state index contributed by atoms with van der Waals surface area (Å²) in [5.41, 5.74) is 0.720. The Balaban J connectivity index is 1.54. The van der Waals surface area contributed by atoms with Crippen molar-refractivity contribution in [3.05, 3.63) is 34.9 Å². The molecule has 124 valence electrons. The second kappa shape index (κ2) is 7.45. The van der Waals surface area contributed by atoms with E-state index in [9.17, 15) is 9.59 Å². The number of nitrogens with one attached hydrogen (secondary N) is 1. The number of amides is 1. The number of likely N-dealkylation sites (tertiary alicyclic amines) is 1. The molecule has 2 saturated heterocycles. The number of carbonyl (C=O) groups is 2. The molecule has 1 N–H and O–H groups in total. The van der Waals surface area contributed by atoms with Gasteiger partial charge in [-0.3, -0.25) is 9.59 Å². The Labute approximate surface area is 142 Å². The molecule has 3 rings (SSSR count). The number of piperidine rings is 2. The molecule has 0 spiro atoms. The third-order valence-corrected chi connectivity index (χ3v) is 5.25. The van der Waals surface area contributed by atoms with Crippen LogP contribution in [0.2, 0.25) is 5.02 Å². The van der Waals surface area contributed by atoms with Crippen molar-refractivity contribution in [1.29, 1.82) is 0 Å². The van der Waals surface area contributed by atoms with Crippen LogP contribution in [0.15, 0.2) is 24.3 Å². The smallest absolute Gasteiger partial charge is 0.225 e. The molecule has 1 aromatic carbocycles. The first-order valence-electron chi connectivity index (χ1n) is 8.44. The molecule has 2 aliphatic heterocycles. The van der Waals surface area contributed by atoms with Crippen LogP contribution in [0.5, 0.6) is 0 Å². The summed E-state index contributed by atoms with van der Waals surface area (Å²) < 4.78 is 0. The van der Waals surface area contributed by atoms with E-state index in [0.29, 0.717) is 18.1 Å². The van der Waals surface area contributed by atoms with Crippen LogP contribution in [0.3, 0.4) is 0 Å². The molecular formula is C18H23ClN2O2. The Bertz CT molecular complexity index is 559. The zero-order valence-corrected chi connectivity index (χ0v) is 14.0. The van der Waals surface area contributed by atoms with Crippen molar-refractivity contribution in [2.24, 2.45) is 11.8 Å². The van der Waals surface area contributed by atoms with Crippen molar-refractivity contribution >= 4 is 23.3 Å². The van der Waals surface area contributed by atoms with Gasteiger partial charge in [0.05, 0.1) is 0 Å². The second-order valence-electron chi connectivity index (χ2n) is 6.49. The predicted octanol–water partition coefficient (Wildman–Crippen LogP) is 2.76. The Morgan fingerprint density at radius 3 is 2.17 bits per heavy atom. The number of benzene rings is 1. The zero-order valence-electron chi connectivity index (χ0n) is 13.3. The molecule has 0 aromatic heterocycles. The quantitative estimate of drug-likeness (QED) is 0.865. The first-order chi connectivity index (χ1) is 11.1. The van der Waals surface area contributed by atoms with Crippen molar-refractivity contribution < 1.29 is 9.59 Å². The lowest BCUT2D eigenvalue weighted by atomic mass is 9.88. The fourth-order valence-corrected chi connectivity index (χ4v) is 3.66. The molecule has 1 amide bonds. The highest BCUT2D eigenvalue weighted by molar-refractivity contribution is 6.30. The number of rotatable bonds is 3. The summed E-state index contributed by atoms with van der Waals surface area (Å²) in [5, 5.41) is 3.93. The topological polar surface area (TPSA) is 49.4 Å². The minimum absolute atomic E-state index is 0.0215. The lowest BCUT2D eigenvalue weighted by molar-refractivity contribution is -0.137. The lowest BCUT2D eigenvalue weighted by Crippen LogP contribution is -2.45. The van der Waals surface area contributed by atoms with Crippen LogP contribution in [0.25, 0.3) is 0 Å². The number of hydrogen-bond donors (Lipinski definition) is 1. The Morgan fingerprint density at radius 1 is 0.957 bits per heavy atom. The summed E-state index contributed by atoms with van der Waals surface area (Å²) in [6, 6.07) is 7.09. The van der Waals surface area contributed by atoms with Gasteiger partial charge in [0, 0.05) is 35.5 Å². The van der Waals surface area contributed by atoms with Crippen molar-refractivity contribution in [1.82, 2.24) is 10.2 Å². The van der Waals surface area contributed by atoms with E-state index >= 15 is 0 Å². The van der Waals surface area contributed by atoms with Gasteiger partial charge in [-0.25, -0.2) is 0 Å². The maximum absolute atomic E-state index is 12.5. The van der Waals surface area contributed by atoms with Gasteiger partial charge in [-0.05, 0) is 63.0 Å². The molecule has 1 aromatic rings. The average Bonchev–Trinajstić information content (AvgIpc) is 2.62. The number of halogens is 1. The maximum atomic E-state index is 12.5. The highest BCUT2D eigenvalue weighted by atomic mass is 35.5. The van der Waals surface area contributed by atoms with Crippen LogP contribution in [-0.2, 0) is 4.79 Å². The van der Waals surface area contributed by atoms with E-state index in [-0.39, 0.29) is 23.5 Å². The molecule has 5 heteroatoms. The van der Waals surface area contributed by atoms with E-state index in [2.05, 4.69) is 5.32 Å². The summed E-state index contributed by atoms with van der Waals surface area (Å²) in [6.07, 6.45) is 3.39. The van der Waals surface area contributed by atoms with Crippen molar-refractivity contribution in [3.8, 4) is 0 Å². The fourth-order valence-electron chi connectivity index (χ4n) is 3.54. The first kappa shape index (κ1) is 16.5. The highest BCUT2D eigenvalue weighted by Gasteiger charge is 2.31. The molecule has 0 saturated carbocycles. The summed E-state index contributed by atoms with van der Waals surface area (Å²) in [4.78, 5) is 27.0. The van der Waals surface area contributed by atoms with Crippen LogP contribution >= 0.6 is 11.6 Å². The van der Waals surface area contributed by atoms with Gasteiger partial charge >= 0.3 is 0 Å². The molecule has 0 aliphatic carbocycles. The summed E-state index contributed by atoms with van der Waals surface area (Å²) in [6.45, 7) is 3.27. The molecule has 2 heterocycles. The molecule has 0 atom stereocenters. The van der Waals surface area contributed by atoms with E-state index in [0.717, 1.165) is 44.3 Å². The summed E-state index contributed by atoms with van der Waals surface area (Å²) >= 11 is 5.87. The fraction of sp³-hybridized carbons (Fsp3) is 0.556. The monoisotopic (exact) mass is 334 g/mol. The zero-order chi connectivity index (χ0) is 16.2. The number of Topliss-reactive ketones (excluding diaryl/α,β-unsaturated/α-hetero) is 1. The lowest BCUT2D eigenvalue weighted by Gasteiger charge is -2.34. The van der Waals surface area contributed by atoms with Gasteiger partial charge < -0.3 is 10.2 Å². The normalized spacial score (nSPS) is 20.5. The molecular weight excluding hydrogens is 312 g/mol. The third-order valence-electron chi connectivity index (χ3n) is 4.99. The first-order valence-corrected chi connectivity index (χ1v) is 8.82. The number of nitrogens with zero attached hydrogens (tertiary/aromatic N) is 1. The van der Waals surface area contributed by atoms with Crippen LogP contribution in [-0.4, -0.2) is 42.8 Å². The molecule has 4 nitrogen and oxygen atoms in total.